The highest BCUT2D eigenvalue weighted by Crippen LogP contribution is 2.74. The number of ether oxygens (including phenoxy) is 10. The Morgan fingerprint density at radius 2 is 0.978 bits per heavy atom. The number of ketones is 1. The molecule has 34 atom stereocenters. The van der Waals surface area contributed by atoms with Crippen molar-refractivity contribution in [1.82, 2.24) is 0 Å². The Hall–Kier alpha value is -1.75. The molecule has 0 amide bonds. The van der Waals surface area contributed by atoms with E-state index in [1.165, 1.54) is 13.8 Å². The van der Waals surface area contributed by atoms with Crippen molar-refractivity contribution >= 4 is 5.78 Å². The molecule has 5 heterocycles. The fourth-order valence-corrected chi connectivity index (χ4v) is 16.7. The smallest absolute Gasteiger partial charge is 0.187 e. The van der Waals surface area contributed by atoms with E-state index in [-0.39, 0.29) is 36.9 Å². The monoisotopic (exact) mass is 1300 g/mol. The first-order valence-corrected chi connectivity index (χ1v) is 31.5. The van der Waals surface area contributed by atoms with Crippen LogP contribution in [0.4, 0.5) is 0 Å². The zero-order valence-corrected chi connectivity index (χ0v) is 52.1. The van der Waals surface area contributed by atoms with Crippen molar-refractivity contribution < 1.29 is 149 Å². The molecule has 0 spiro atoms. The van der Waals surface area contributed by atoms with Crippen molar-refractivity contribution in [2.75, 3.05) is 33.0 Å². The number of carbonyl (C=O) groups is 1. The second-order valence-corrected chi connectivity index (χ2v) is 28.8. The fraction of sp³-hybridized carbons (Fsp3) is 0.950. The molecule has 0 bridgehead atoms. The van der Waals surface area contributed by atoms with Crippen LogP contribution in [0.2, 0.25) is 0 Å². The molecule has 5 aliphatic heterocycles. The minimum atomic E-state index is -1.94. The van der Waals surface area contributed by atoms with Gasteiger partial charge in [0.15, 0.2) is 31.5 Å². The first-order valence-electron chi connectivity index (χ1n) is 31.5. The number of rotatable bonds is 20. The Morgan fingerprint density at radius 3 is 1.48 bits per heavy atom. The largest absolute Gasteiger partial charge is 0.394 e. The molecule has 30 nitrogen and oxygen atoms in total. The van der Waals surface area contributed by atoms with Gasteiger partial charge in [0.05, 0.1) is 56.4 Å². The summed E-state index contributed by atoms with van der Waals surface area (Å²) in [4.78, 5) is 15.5. The molecule has 520 valence electrons. The van der Waals surface area contributed by atoms with Gasteiger partial charge in [0.2, 0.25) is 0 Å². The van der Waals surface area contributed by atoms with Crippen LogP contribution in [-0.2, 0) is 52.2 Å². The molecule has 0 unspecified atom stereocenters. The molecular weight excluding hydrogens is 1200 g/mol. The third-order valence-corrected chi connectivity index (χ3v) is 22.6. The molecule has 4 aliphatic carbocycles. The van der Waals surface area contributed by atoms with Crippen molar-refractivity contribution in [2.24, 2.45) is 39.4 Å². The molecule has 0 aromatic rings. The first-order chi connectivity index (χ1) is 41.9. The maximum atomic E-state index is 15.5. The van der Waals surface area contributed by atoms with E-state index >= 15 is 4.79 Å². The Kier molecular flexibility index (Phi) is 22.0. The van der Waals surface area contributed by atoms with Gasteiger partial charge in [-0.3, -0.25) is 4.79 Å². The van der Waals surface area contributed by atoms with Crippen LogP contribution in [0, 0.1) is 39.4 Å². The van der Waals surface area contributed by atoms with E-state index in [2.05, 4.69) is 19.9 Å². The van der Waals surface area contributed by atoms with Crippen molar-refractivity contribution in [3.8, 4) is 0 Å². The molecule has 0 radical (unpaired) electrons. The third kappa shape index (κ3) is 12.9. The lowest BCUT2D eigenvalue weighted by Gasteiger charge is -2.65. The van der Waals surface area contributed by atoms with Crippen LogP contribution in [-0.4, -0.2) is 313 Å². The van der Waals surface area contributed by atoms with Gasteiger partial charge in [0, 0.05) is 17.3 Å². The number of hydrogen-bond acceptors (Lipinski definition) is 30. The molecule has 90 heavy (non-hydrogen) atoms. The summed E-state index contributed by atoms with van der Waals surface area (Å²) < 4.78 is 59.2. The van der Waals surface area contributed by atoms with Crippen LogP contribution in [0.5, 0.6) is 0 Å². The minimum Gasteiger partial charge on any atom is -0.394 e. The zero-order chi connectivity index (χ0) is 66.4. The Bertz CT molecular complexity index is 2440. The van der Waals surface area contributed by atoms with Gasteiger partial charge in [-0.2, -0.15) is 0 Å². The van der Waals surface area contributed by atoms with Gasteiger partial charge in [-0.1, -0.05) is 46.3 Å². The maximum absolute atomic E-state index is 15.5. The molecule has 0 aromatic carbocycles. The average molecular weight is 1300 g/mol. The van der Waals surface area contributed by atoms with Crippen molar-refractivity contribution in [3.63, 3.8) is 0 Å². The zero-order valence-electron chi connectivity index (χ0n) is 52.1. The second kappa shape index (κ2) is 27.3. The van der Waals surface area contributed by atoms with Gasteiger partial charge in [-0.05, 0) is 94.3 Å². The lowest BCUT2D eigenvalue weighted by atomic mass is 9.38. The predicted octanol–water partition coefficient (Wildman–Crippen LogP) is -6.08. The minimum absolute atomic E-state index is 0.0101. The topological polar surface area (TPSA) is 494 Å². The number of Topliss-reactive ketones (excluding diaryl/α,β-unsaturated/α-hetero) is 1. The van der Waals surface area contributed by atoms with Crippen molar-refractivity contribution in [1.29, 1.82) is 0 Å². The van der Waals surface area contributed by atoms with E-state index in [4.69, 9.17) is 47.4 Å². The van der Waals surface area contributed by atoms with Gasteiger partial charge in [-0.25, -0.2) is 0 Å². The Morgan fingerprint density at radius 1 is 0.533 bits per heavy atom. The van der Waals surface area contributed by atoms with E-state index in [1.807, 2.05) is 20.8 Å². The molecular formula is C60H100O30. The summed E-state index contributed by atoms with van der Waals surface area (Å²) in [5.74, 6) is -0.963. The quantitative estimate of drug-likeness (QED) is 0.0505. The molecule has 9 aliphatic rings. The number of allylic oxidation sites excluding steroid dienone is 1. The lowest BCUT2D eigenvalue weighted by molar-refractivity contribution is -0.379. The van der Waals surface area contributed by atoms with E-state index in [0.717, 1.165) is 5.57 Å². The SMILES string of the molecule is CC(C)(O)[C@@H](CC[C@](C)(O)[C@H]1CC[C@@]2(C)[C@@H]3CC=C4[C@@H](CC[C@H](O[C@@H]5O[C@H](CO[C@@H]6O[C@H](CO)[C@@H](O)[C@H](O)[C@H]6O)[C@@H](O)[C@H](O)[C@H]5O[C@@H]5O[C@H](CO)[C@@H](O)[C@H](O)[C@H]5O)C4(C)C)[C@]3(C)C(=O)C[C@]12C)O[C@@H]1O[C@H](CO[C@@H]2O[C@H](CO)[C@@H](O)[C@H](O)[C@H]2O)[C@@H](O)[C@H](O)[C@H]1O. The maximum Gasteiger partial charge on any atom is 0.187 e. The Labute approximate surface area is 521 Å². The molecule has 3 saturated carbocycles. The third-order valence-electron chi connectivity index (χ3n) is 22.6. The summed E-state index contributed by atoms with van der Waals surface area (Å²) in [5.41, 5.74) is -5.30. The summed E-state index contributed by atoms with van der Waals surface area (Å²) >= 11 is 0. The molecule has 8 fully saturated rings. The van der Waals surface area contributed by atoms with Gasteiger partial charge >= 0.3 is 0 Å². The van der Waals surface area contributed by atoms with Gasteiger partial charge in [0.25, 0.3) is 0 Å². The fourth-order valence-electron chi connectivity index (χ4n) is 16.7. The van der Waals surface area contributed by atoms with Crippen LogP contribution in [0.15, 0.2) is 11.6 Å². The lowest BCUT2D eigenvalue weighted by Crippen LogP contribution is -2.66. The highest BCUT2D eigenvalue weighted by Gasteiger charge is 2.72. The highest BCUT2D eigenvalue weighted by molar-refractivity contribution is 5.88. The van der Waals surface area contributed by atoms with Gasteiger partial charge < -0.3 is 144 Å². The van der Waals surface area contributed by atoms with Gasteiger partial charge in [0.1, 0.15) is 128 Å². The molecule has 30 heteroatoms. The Balaban J connectivity index is 0.900. The number of aliphatic hydroxyl groups is 19. The number of aliphatic hydroxyl groups excluding tert-OH is 17. The van der Waals surface area contributed by atoms with E-state index in [1.54, 1.807) is 6.92 Å². The van der Waals surface area contributed by atoms with Crippen LogP contribution < -0.4 is 0 Å². The summed E-state index contributed by atoms with van der Waals surface area (Å²) in [7, 11) is 0. The molecule has 19 N–H and O–H groups in total. The van der Waals surface area contributed by atoms with Crippen LogP contribution in [0.1, 0.15) is 107 Å². The standard InChI is InChI=1S/C60H100O30/c1-55(2)23-9-11-31-57(5)15-13-30(59(7,80)16-14-34(56(3,4)79)89-52-47(77)43(73)38(68)28(86-52)21-81-50-45(75)40(70)35(65)25(18-61)83-50)58(57,6)17-32(64)60(31,8)24(23)10-12-33(55)88-54-49(90-53-48(78)42(72)37(67)27(20-63)85-53)44(74)39(69)29(87-54)22-82-51-46(76)41(71)36(66)26(19-62)84-51/h9,24-31,33-54,61-63,65-80H,10-22H2,1-8H3/t24-,25-,26-,27-,28-,29-,30+,31+,33+,34-,35-,36-,37-,38-,39-,40+,41+,42+,43+,44+,45-,46-,47-,48-,49-,50-,51-,52+,53+,54+,57+,58-,59+,60+/m1/s1. The average Bonchev–Trinajstić information content (AvgIpc) is 1.28. The van der Waals surface area contributed by atoms with Crippen molar-refractivity contribution in [3.05, 3.63) is 11.6 Å². The van der Waals surface area contributed by atoms with Crippen LogP contribution in [0.25, 0.3) is 0 Å². The molecule has 5 saturated heterocycles. The number of carbonyl (C=O) groups excluding carboxylic acids is 1. The van der Waals surface area contributed by atoms with E-state index in [9.17, 15) is 97.0 Å². The summed E-state index contributed by atoms with van der Waals surface area (Å²) in [6, 6.07) is 0. The van der Waals surface area contributed by atoms with E-state index in [0.29, 0.717) is 32.1 Å². The van der Waals surface area contributed by atoms with Crippen LogP contribution >= 0.6 is 0 Å². The van der Waals surface area contributed by atoms with E-state index < -0.39 is 238 Å². The highest BCUT2D eigenvalue weighted by atomic mass is 16.8. The summed E-state index contributed by atoms with van der Waals surface area (Å²) in [6.45, 7) is 11.2. The van der Waals surface area contributed by atoms with Gasteiger partial charge in [-0.15, -0.1) is 0 Å². The normalized spacial score (nSPS) is 50.9. The number of hydrogen-bond donors (Lipinski definition) is 19. The summed E-state index contributed by atoms with van der Waals surface area (Å²) in [5, 5.41) is 205. The molecule has 9 rings (SSSR count). The molecule has 0 aromatic heterocycles. The second-order valence-electron chi connectivity index (χ2n) is 28.8. The number of fused-ring (bicyclic) bond motifs is 5. The van der Waals surface area contributed by atoms with Crippen LogP contribution in [0.3, 0.4) is 0 Å². The predicted molar refractivity (Wildman–Crippen MR) is 301 cm³/mol. The first kappa shape index (κ1) is 72.5. The van der Waals surface area contributed by atoms with Crippen molar-refractivity contribution in [2.45, 2.75) is 284 Å². The summed E-state index contributed by atoms with van der Waals surface area (Å²) in [6.07, 6.45) is -39.8.